The Morgan fingerprint density at radius 3 is 2.77 bits per heavy atom. The molecule has 0 aliphatic rings. The van der Waals surface area contributed by atoms with Crippen LogP contribution in [0, 0.1) is 16.0 Å². The van der Waals surface area contributed by atoms with Crippen molar-refractivity contribution in [1.29, 1.82) is 0 Å². The summed E-state index contributed by atoms with van der Waals surface area (Å²) < 4.78 is 5.32. The number of carbonyl (C=O) groups is 1. The fourth-order valence-corrected chi connectivity index (χ4v) is 3.00. The SMILES string of the molecule is CC(C)[C@H](NC(=O)c1cccs1)c1nc(-c2cccc([N+](=O)[O-])c2)no1. The molecule has 0 saturated heterocycles. The van der Waals surface area contributed by atoms with Gasteiger partial charge < -0.3 is 9.84 Å². The number of non-ortho nitro benzene ring substituents is 1. The minimum atomic E-state index is -0.483. The van der Waals surface area contributed by atoms with Gasteiger partial charge in [0.15, 0.2) is 0 Å². The summed E-state index contributed by atoms with van der Waals surface area (Å²) in [5.41, 5.74) is 0.418. The summed E-state index contributed by atoms with van der Waals surface area (Å²) in [5.74, 6) is 0.289. The molecule has 0 bridgehead atoms. The predicted molar refractivity (Wildman–Crippen MR) is 95.8 cm³/mol. The van der Waals surface area contributed by atoms with Gasteiger partial charge in [-0.2, -0.15) is 4.98 Å². The summed E-state index contributed by atoms with van der Waals surface area (Å²) in [5, 5.41) is 19.5. The van der Waals surface area contributed by atoms with Crippen molar-refractivity contribution >= 4 is 22.9 Å². The van der Waals surface area contributed by atoms with Gasteiger partial charge in [0.1, 0.15) is 6.04 Å². The van der Waals surface area contributed by atoms with E-state index < -0.39 is 11.0 Å². The Morgan fingerprint density at radius 1 is 1.31 bits per heavy atom. The van der Waals surface area contributed by atoms with Crippen molar-refractivity contribution in [3.8, 4) is 11.4 Å². The molecule has 0 spiro atoms. The van der Waals surface area contributed by atoms with E-state index in [2.05, 4.69) is 15.5 Å². The highest BCUT2D eigenvalue weighted by Gasteiger charge is 2.26. The van der Waals surface area contributed by atoms with E-state index in [9.17, 15) is 14.9 Å². The fraction of sp³-hybridized carbons (Fsp3) is 0.235. The molecule has 0 aliphatic heterocycles. The summed E-state index contributed by atoms with van der Waals surface area (Å²) in [4.78, 5) is 27.7. The van der Waals surface area contributed by atoms with Crippen LogP contribution in [0.15, 0.2) is 46.3 Å². The van der Waals surface area contributed by atoms with Crippen molar-refractivity contribution in [3.05, 3.63) is 62.7 Å². The van der Waals surface area contributed by atoms with Crippen LogP contribution in [0.5, 0.6) is 0 Å². The lowest BCUT2D eigenvalue weighted by Gasteiger charge is -2.17. The Labute approximate surface area is 153 Å². The van der Waals surface area contributed by atoms with E-state index >= 15 is 0 Å². The highest BCUT2D eigenvalue weighted by molar-refractivity contribution is 7.12. The Kier molecular flexibility index (Phi) is 5.08. The molecule has 0 aliphatic carbocycles. The van der Waals surface area contributed by atoms with Gasteiger partial charge in [0.05, 0.1) is 9.80 Å². The molecule has 26 heavy (non-hydrogen) atoms. The first-order valence-corrected chi connectivity index (χ1v) is 8.76. The monoisotopic (exact) mass is 372 g/mol. The molecular weight excluding hydrogens is 356 g/mol. The molecule has 0 unspecified atom stereocenters. The molecule has 3 aromatic rings. The van der Waals surface area contributed by atoms with Crippen molar-refractivity contribution < 1.29 is 14.2 Å². The van der Waals surface area contributed by atoms with Gasteiger partial charge in [0.2, 0.25) is 11.7 Å². The van der Waals surface area contributed by atoms with E-state index in [0.717, 1.165) is 0 Å². The predicted octanol–water partition coefficient (Wildman–Crippen LogP) is 3.83. The number of aromatic nitrogens is 2. The zero-order valence-electron chi connectivity index (χ0n) is 14.1. The van der Waals surface area contributed by atoms with E-state index in [-0.39, 0.29) is 29.2 Å². The number of nitrogens with zero attached hydrogens (tertiary/aromatic N) is 3. The number of nitrogens with one attached hydrogen (secondary N) is 1. The summed E-state index contributed by atoms with van der Waals surface area (Å²) in [6, 6.07) is 9.06. The van der Waals surface area contributed by atoms with Gasteiger partial charge >= 0.3 is 0 Å². The van der Waals surface area contributed by atoms with Gasteiger partial charge in [-0.05, 0) is 17.4 Å². The van der Waals surface area contributed by atoms with Gasteiger partial charge in [0.25, 0.3) is 11.6 Å². The zero-order valence-corrected chi connectivity index (χ0v) is 14.9. The topological polar surface area (TPSA) is 111 Å². The Balaban J connectivity index is 1.85. The molecule has 1 amide bonds. The first kappa shape index (κ1) is 17.7. The van der Waals surface area contributed by atoms with E-state index in [4.69, 9.17) is 4.52 Å². The molecule has 9 heteroatoms. The van der Waals surface area contributed by atoms with Gasteiger partial charge in [-0.15, -0.1) is 11.3 Å². The molecule has 2 heterocycles. The lowest BCUT2D eigenvalue weighted by molar-refractivity contribution is -0.384. The Morgan fingerprint density at radius 2 is 2.12 bits per heavy atom. The van der Waals surface area contributed by atoms with E-state index in [1.807, 2.05) is 19.2 Å². The average molecular weight is 372 g/mol. The van der Waals surface area contributed by atoms with Crippen LogP contribution in [-0.4, -0.2) is 21.0 Å². The first-order chi connectivity index (χ1) is 12.5. The number of thiophene rings is 1. The van der Waals surface area contributed by atoms with Gasteiger partial charge in [-0.1, -0.05) is 37.2 Å². The first-order valence-electron chi connectivity index (χ1n) is 7.88. The second-order valence-electron chi connectivity index (χ2n) is 5.94. The lowest BCUT2D eigenvalue weighted by atomic mass is 10.0. The van der Waals surface area contributed by atoms with Crippen molar-refractivity contribution in [2.24, 2.45) is 5.92 Å². The maximum absolute atomic E-state index is 12.3. The second kappa shape index (κ2) is 7.44. The molecule has 0 radical (unpaired) electrons. The van der Waals surface area contributed by atoms with Crippen molar-refractivity contribution in [2.75, 3.05) is 0 Å². The van der Waals surface area contributed by atoms with Crippen LogP contribution in [0.2, 0.25) is 0 Å². The highest BCUT2D eigenvalue weighted by Crippen LogP contribution is 2.26. The Hall–Kier alpha value is -3.07. The minimum absolute atomic E-state index is 0.0114. The molecule has 1 N–H and O–H groups in total. The van der Waals surface area contributed by atoms with E-state index in [0.29, 0.717) is 10.4 Å². The molecule has 1 atom stereocenters. The van der Waals surface area contributed by atoms with Gasteiger partial charge in [-0.3, -0.25) is 14.9 Å². The number of rotatable bonds is 6. The number of carbonyl (C=O) groups excluding carboxylic acids is 1. The minimum Gasteiger partial charge on any atom is -0.339 e. The van der Waals surface area contributed by atoms with Crippen LogP contribution in [0.3, 0.4) is 0 Å². The smallest absolute Gasteiger partial charge is 0.270 e. The number of amides is 1. The molecule has 8 nitrogen and oxygen atoms in total. The van der Waals surface area contributed by atoms with Gasteiger partial charge in [0, 0.05) is 17.7 Å². The summed E-state index contributed by atoms with van der Waals surface area (Å²) in [6.07, 6.45) is 0. The summed E-state index contributed by atoms with van der Waals surface area (Å²) in [6.45, 7) is 3.85. The van der Waals surface area contributed by atoms with Gasteiger partial charge in [-0.25, -0.2) is 0 Å². The van der Waals surface area contributed by atoms with Crippen molar-refractivity contribution in [1.82, 2.24) is 15.5 Å². The van der Waals surface area contributed by atoms with Crippen LogP contribution in [-0.2, 0) is 0 Å². The largest absolute Gasteiger partial charge is 0.339 e. The Bertz CT molecular complexity index is 921. The third-order valence-corrected chi connectivity index (χ3v) is 4.59. The fourth-order valence-electron chi connectivity index (χ4n) is 2.37. The van der Waals surface area contributed by atoms with E-state index in [1.54, 1.807) is 24.3 Å². The normalized spacial score (nSPS) is 12.1. The second-order valence-corrected chi connectivity index (χ2v) is 6.88. The third kappa shape index (κ3) is 3.77. The average Bonchev–Trinajstić information content (AvgIpc) is 3.31. The van der Waals surface area contributed by atoms with Crippen molar-refractivity contribution in [3.63, 3.8) is 0 Å². The van der Waals surface area contributed by atoms with Crippen LogP contribution >= 0.6 is 11.3 Å². The molecule has 3 rings (SSSR count). The molecule has 2 aromatic heterocycles. The van der Waals surface area contributed by atoms with E-state index in [1.165, 1.54) is 23.5 Å². The van der Waals surface area contributed by atoms with Crippen LogP contribution in [0.4, 0.5) is 5.69 Å². The van der Waals surface area contributed by atoms with Crippen LogP contribution in [0.25, 0.3) is 11.4 Å². The molecule has 0 fully saturated rings. The molecule has 1 aromatic carbocycles. The summed E-state index contributed by atoms with van der Waals surface area (Å²) >= 11 is 1.34. The quantitative estimate of drug-likeness (QED) is 0.520. The molecule has 134 valence electrons. The van der Waals surface area contributed by atoms with Crippen molar-refractivity contribution in [2.45, 2.75) is 19.9 Å². The number of nitro benzene ring substituents is 1. The molecule has 0 saturated carbocycles. The van der Waals surface area contributed by atoms with Crippen LogP contribution in [0.1, 0.15) is 35.5 Å². The maximum Gasteiger partial charge on any atom is 0.270 e. The highest BCUT2D eigenvalue weighted by atomic mass is 32.1. The van der Waals surface area contributed by atoms with Crippen LogP contribution < -0.4 is 5.32 Å². The molecular formula is C17H16N4O4S. The third-order valence-electron chi connectivity index (χ3n) is 3.72. The number of hydrogen-bond acceptors (Lipinski definition) is 7. The number of nitro groups is 1. The number of hydrogen-bond donors (Lipinski definition) is 1. The number of benzene rings is 1. The zero-order chi connectivity index (χ0) is 18.7. The summed E-state index contributed by atoms with van der Waals surface area (Å²) in [7, 11) is 0. The maximum atomic E-state index is 12.3. The standard InChI is InChI=1S/C17H16N4O4S/c1-10(2)14(18-16(22)13-7-4-8-26-13)17-19-15(20-25-17)11-5-3-6-12(9-11)21(23)24/h3-10,14H,1-2H3,(H,18,22)/t14-/m0/s1. The lowest BCUT2D eigenvalue weighted by Crippen LogP contribution is -2.31.